The lowest BCUT2D eigenvalue weighted by atomic mass is 10.1. The van der Waals surface area contributed by atoms with Crippen LogP contribution in [0.15, 0.2) is 42.0 Å². The fraction of sp³-hybridized carbons (Fsp3) is 0.360. The molecule has 8 heteroatoms. The highest BCUT2D eigenvalue weighted by atomic mass is 16.5. The second-order valence-electron chi connectivity index (χ2n) is 8.17. The molecule has 0 spiro atoms. The smallest absolute Gasteiger partial charge is 0.349 e. The number of ether oxygens (including phenoxy) is 1. The number of nitriles is 1. The molecule has 0 aliphatic rings. The molecule has 0 radical (unpaired) electrons. The molecule has 0 aliphatic heterocycles. The molecule has 2 amide bonds. The Kier molecular flexibility index (Phi) is 8.98. The number of primary amides is 1. The topological polar surface area (TPSA) is 118 Å². The number of carbonyl (C=O) groups is 3. The van der Waals surface area contributed by atoms with E-state index in [9.17, 15) is 19.6 Å². The zero-order chi connectivity index (χ0) is 24.5. The normalized spacial score (nSPS) is 11.2. The van der Waals surface area contributed by atoms with Gasteiger partial charge in [-0.05, 0) is 49.6 Å². The lowest BCUT2D eigenvalue weighted by Crippen LogP contribution is -2.37. The molecule has 33 heavy (non-hydrogen) atoms. The van der Waals surface area contributed by atoms with Gasteiger partial charge >= 0.3 is 5.97 Å². The van der Waals surface area contributed by atoms with E-state index in [-0.39, 0.29) is 18.5 Å². The van der Waals surface area contributed by atoms with Crippen molar-refractivity contribution in [2.24, 2.45) is 11.7 Å². The first kappa shape index (κ1) is 25.4. The van der Waals surface area contributed by atoms with Crippen molar-refractivity contribution in [2.75, 3.05) is 18.1 Å². The van der Waals surface area contributed by atoms with Gasteiger partial charge in [-0.15, -0.1) is 0 Å². The maximum atomic E-state index is 12.7. The second-order valence-corrected chi connectivity index (χ2v) is 8.17. The van der Waals surface area contributed by atoms with Gasteiger partial charge < -0.3 is 19.9 Å². The Morgan fingerprint density at radius 2 is 1.88 bits per heavy atom. The van der Waals surface area contributed by atoms with Crippen LogP contribution in [0, 0.1) is 31.1 Å². The molecule has 1 heterocycles. The SMILES string of the molecule is Cc1cc(/C=C(\C#N)C(=O)OCC(=O)N(CCC(N)=O)c2ccccc2)c(C)n1CC(C)C. The number of para-hydroxylation sites is 1. The summed E-state index contributed by atoms with van der Waals surface area (Å²) in [7, 11) is 0. The molecule has 0 aliphatic carbocycles. The van der Waals surface area contributed by atoms with Gasteiger partial charge in [0, 0.05) is 36.6 Å². The molecular weight excluding hydrogens is 420 g/mol. The van der Waals surface area contributed by atoms with Crippen molar-refractivity contribution < 1.29 is 19.1 Å². The molecule has 0 bridgehead atoms. The van der Waals surface area contributed by atoms with Crippen LogP contribution in [-0.4, -0.2) is 35.5 Å². The van der Waals surface area contributed by atoms with Crippen LogP contribution in [0.2, 0.25) is 0 Å². The third kappa shape index (κ3) is 7.07. The molecular formula is C25H30N4O4. The highest BCUT2D eigenvalue weighted by Crippen LogP contribution is 2.20. The molecule has 0 saturated carbocycles. The van der Waals surface area contributed by atoms with Crippen LogP contribution < -0.4 is 10.6 Å². The van der Waals surface area contributed by atoms with E-state index >= 15 is 0 Å². The zero-order valence-electron chi connectivity index (χ0n) is 19.5. The lowest BCUT2D eigenvalue weighted by Gasteiger charge is -2.22. The summed E-state index contributed by atoms with van der Waals surface area (Å²) in [5.74, 6) is -1.52. The number of amides is 2. The van der Waals surface area contributed by atoms with Gasteiger partial charge in [-0.1, -0.05) is 32.0 Å². The Morgan fingerprint density at radius 3 is 2.45 bits per heavy atom. The molecule has 0 saturated heterocycles. The van der Waals surface area contributed by atoms with E-state index in [0.29, 0.717) is 11.6 Å². The van der Waals surface area contributed by atoms with Gasteiger partial charge in [0.25, 0.3) is 5.91 Å². The van der Waals surface area contributed by atoms with E-state index in [1.54, 1.807) is 30.3 Å². The van der Waals surface area contributed by atoms with Gasteiger partial charge in [0.2, 0.25) is 5.91 Å². The number of esters is 1. The van der Waals surface area contributed by atoms with E-state index in [2.05, 4.69) is 18.4 Å². The molecule has 1 aromatic heterocycles. The molecule has 174 valence electrons. The Balaban J connectivity index is 2.14. The third-order valence-electron chi connectivity index (χ3n) is 5.08. The molecule has 2 N–H and O–H groups in total. The van der Waals surface area contributed by atoms with Crippen molar-refractivity contribution in [2.45, 2.75) is 40.7 Å². The van der Waals surface area contributed by atoms with E-state index in [4.69, 9.17) is 10.5 Å². The van der Waals surface area contributed by atoms with Crippen LogP contribution in [-0.2, 0) is 25.7 Å². The fourth-order valence-electron chi connectivity index (χ4n) is 3.42. The van der Waals surface area contributed by atoms with Crippen LogP contribution in [0.3, 0.4) is 0 Å². The number of nitrogens with two attached hydrogens (primary N) is 1. The average molecular weight is 451 g/mol. The number of hydrogen-bond donors (Lipinski definition) is 1. The minimum Gasteiger partial charge on any atom is -0.451 e. The van der Waals surface area contributed by atoms with Gasteiger partial charge in [0.15, 0.2) is 6.61 Å². The van der Waals surface area contributed by atoms with Crippen LogP contribution in [0.4, 0.5) is 5.69 Å². The second kappa shape index (κ2) is 11.7. The number of rotatable bonds is 10. The lowest BCUT2D eigenvalue weighted by molar-refractivity contribution is -0.143. The van der Waals surface area contributed by atoms with Gasteiger partial charge in [0.05, 0.1) is 0 Å². The molecule has 2 rings (SSSR count). The summed E-state index contributed by atoms with van der Waals surface area (Å²) in [6.45, 7) is 8.45. The number of aromatic nitrogens is 1. The number of aryl methyl sites for hydroxylation is 1. The van der Waals surface area contributed by atoms with Crippen molar-refractivity contribution in [3.63, 3.8) is 0 Å². The molecule has 1 aromatic carbocycles. The maximum absolute atomic E-state index is 12.7. The maximum Gasteiger partial charge on any atom is 0.349 e. The monoisotopic (exact) mass is 450 g/mol. The van der Waals surface area contributed by atoms with Gasteiger partial charge in [-0.3, -0.25) is 9.59 Å². The van der Waals surface area contributed by atoms with Crippen molar-refractivity contribution in [1.82, 2.24) is 4.57 Å². The molecule has 2 aromatic rings. The summed E-state index contributed by atoms with van der Waals surface area (Å²) in [5, 5.41) is 9.50. The van der Waals surface area contributed by atoms with E-state index in [1.165, 1.54) is 11.0 Å². The van der Waals surface area contributed by atoms with Gasteiger partial charge in [0.1, 0.15) is 11.6 Å². The van der Waals surface area contributed by atoms with Crippen LogP contribution in [0.25, 0.3) is 6.08 Å². The molecule has 0 fully saturated rings. The van der Waals surface area contributed by atoms with Crippen molar-refractivity contribution in [3.8, 4) is 6.07 Å². The van der Waals surface area contributed by atoms with E-state index < -0.39 is 24.4 Å². The Bertz CT molecular complexity index is 1080. The first-order valence-electron chi connectivity index (χ1n) is 10.7. The van der Waals surface area contributed by atoms with E-state index in [1.807, 2.05) is 26.0 Å². The molecule has 0 atom stereocenters. The first-order chi connectivity index (χ1) is 15.6. The highest BCUT2D eigenvalue weighted by molar-refractivity contribution is 6.01. The summed E-state index contributed by atoms with van der Waals surface area (Å²) >= 11 is 0. The minimum atomic E-state index is -0.887. The number of anilines is 1. The van der Waals surface area contributed by atoms with Gasteiger partial charge in [-0.25, -0.2) is 4.79 Å². The fourth-order valence-corrected chi connectivity index (χ4v) is 3.42. The standard InChI is InChI=1S/C25H30N4O4/c1-17(2)15-29-18(3)12-20(19(29)4)13-21(14-26)25(32)33-16-24(31)28(11-10-23(27)30)22-8-6-5-7-9-22/h5-9,12-13,17H,10-11,15-16H2,1-4H3,(H2,27,30)/b21-13+. The number of hydrogen-bond acceptors (Lipinski definition) is 5. The van der Waals surface area contributed by atoms with Crippen molar-refractivity contribution in [3.05, 3.63) is 58.9 Å². The van der Waals surface area contributed by atoms with Gasteiger partial charge in [-0.2, -0.15) is 5.26 Å². The predicted octanol–water partition coefficient (Wildman–Crippen LogP) is 3.12. The van der Waals surface area contributed by atoms with Crippen LogP contribution in [0.1, 0.15) is 37.2 Å². The summed E-state index contributed by atoms with van der Waals surface area (Å²) in [4.78, 5) is 37.8. The summed E-state index contributed by atoms with van der Waals surface area (Å²) < 4.78 is 7.27. The Morgan fingerprint density at radius 1 is 1.21 bits per heavy atom. The number of benzene rings is 1. The van der Waals surface area contributed by atoms with Crippen molar-refractivity contribution >= 4 is 29.5 Å². The Labute approximate surface area is 194 Å². The number of carbonyl (C=O) groups excluding carboxylic acids is 3. The highest BCUT2D eigenvalue weighted by Gasteiger charge is 2.20. The van der Waals surface area contributed by atoms with Crippen LogP contribution in [0.5, 0.6) is 0 Å². The largest absolute Gasteiger partial charge is 0.451 e. The number of nitrogens with zero attached hydrogens (tertiary/aromatic N) is 3. The summed E-state index contributed by atoms with van der Waals surface area (Å²) in [5.41, 5.74) is 8.29. The quantitative estimate of drug-likeness (QED) is 0.339. The van der Waals surface area contributed by atoms with E-state index in [0.717, 1.165) is 23.5 Å². The summed E-state index contributed by atoms with van der Waals surface area (Å²) in [6, 6.07) is 12.5. The Hall–Kier alpha value is -3.86. The van der Waals surface area contributed by atoms with Crippen molar-refractivity contribution in [1.29, 1.82) is 5.26 Å². The summed E-state index contributed by atoms with van der Waals surface area (Å²) in [6.07, 6.45) is 1.44. The van der Waals surface area contributed by atoms with Crippen LogP contribution >= 0.6 is 0 Å². The minimum absolute atomic E-state index is 0.0378. The predicted molar refractivity (Wildman–Crippen MR) is 126 cm³/mol. The zero-order valence-corrected chi connectivity index (χ0v) is 19.5. The average Bonchev–Trinajstić information content (AvgIpc) is 3.03. The molecule has 0 unspecified atom stereocenters. The first-order valence-corrected chi connectivity index (χ1v) is 10.7. The third-order valence-corrected chi connectivity index (χ3v) is 5.08. The molecule has 8 nitrogen and oxygen atoms in total.